The fourth-order valence-electron chi connectivity index (χ4n) is 4.04. The number of thiazole rings is 1. The first-order valence-electron chi connectivity index (χ1n) is 12.5. The Morgan fingerprint density at radius 1 is 1.11 bits per heavy atom. The normalized spacial score (nSPS) is 13.4. The van der Waals surface area contributed by atoms with Crippen molar-refractivity contribution in [2.45, 2.75) is 34.1 Å². The molecule has 2 aromatic rings. The molecule has 0 aliphatic carbocycles. The van der Waals surface area contributed by atoms with Crippen molar-refractivity contribution in [1.82, 2.24) is 19.7 Å². The van der Waals surface area contributed by atoms with Crippen LogP contribution < -0.4 is 5.32 Å². The smallest absolute Gasteiger partial charge is 0.409 e. The molecule has 0 bridgehead atoms. The summed E-state index contributed by atoms with van der Waals surface area (Å²) in [5.74, 6) is -0.420. The quantitative estimate of drug-likeness (QED) is 0.534. The molecule has 11 heteroatoms. The zero-order valence-corrected chi connectivity index (χ0v) is 22.7. The van der Waals surface area contributed by atoms with Crippen LogP contribution in [0.2, 0.25) is 0 Å². The van der Waals surface area contributed by atoms with Gasteiger partial charge in [-0.05, 0) is 31.4 Å². The van der Waals surface area contributed by atoms with E-state index in [0.29, 0.717) is 55.7 Å². The van der Waals surface area contributed by atoms with Crippen LogP contribution in [0.5, 0.6) is 0 Å². The highest BCUT2D eigenvalue weighted by Crippen LogP contribution is 2.18. The topological polar surface area (TPSA) is 112 Å². The van der Waals surface area contributed by atoms with E-state index in [-0.39, 0.29) is 42.7 Å². The van der Waals surface area contributed by atoms with Gasteiger partial charge in [-0.15, -0.1) is 11.3 Å². The molecule has 0 radical (unpaired) electrons. The zero-order valence-electron chi connectivity index (χ0n) is 21.9. The molecule has 3 rings (SSSR count). The monoisotopic (exact) mass is 529 g/mol. The van der Waals surface area contributed by atoms with Gasteiger partial charge in [-0.2, -0.15) is 0 Å². The summed E-state index contributed by atoms with van der Waals surface area (Å²) in [7, 11) is 0. The number of anilines is 1. The SMILES string of the molecule is CCOC(=O)N1CCN(C(=O)Cc2csc(NC(=O)CN(CC(C)C)C(=O)c3ccccc3C)n2)CC1. The summed E-state index contributed by atoms with van der Waals surface area (Å²) >= 11 is 1.24. The van der Waals surface area contributed by atoms with E-state index in [1.807, 2.05) is 39.0 Å². The first-order valence-corrected chi connectivity index (χ1v) is 13.3. The number of carbonyl (C=O) groups excluding carboxylic acids is 4. The molecule has 1 aliphatic heterocycles. The van der Waals surface area contributed by atoms with Crippen LogP contribution in [0.25, 0.3) is 0 Å². The van der Waals surface area contributed by atoms with Gasteiger partial charge in [-0.25, -0.2) is 9.78 Å². The third kappa shape index (κ3) is 8.01. The van der Waals surface area contributed by atoms with Crippen LogP contribution in [0.15, 0.2) is 29.6 Å². The molecule has 1 fully saturated rings. The molecule has 0 spiro atoms. The lowest BCUT2D eigenvalue weighted by Gasteiger charge is -2.34. The summed E-state index contributed by atoms with van der Waals surface area (Å²) in [6.07, 6.45) is -0.251. The van der Waals surface area contributed by atoms with E-state index < -0.39 is 0 Å². The number of rotatable bonds is 9. The van der Waals surface area contributed by atoms with Crippen LogP contribution in [0.1, 0.15) is 42.4 Å². The number of nitrogens with one attached hydrogen (secondary N) is 1. The summed E-state index contributed by atoms with van der Waals surface area (Å²) in [6.45, 7) is 10.0. The number of hydrogen-bond donors (Lipinski definition) is 1. The summed E-state index contributed by atoms with van der Waals surface area (Å²) in [6, 6.07) is 7.33. The molecule has 4 amide bonds. The van der Waals surface area contributed by atoms with Crippen molar-refractivity contribution >= 4 is 40.3 Å². The van der Waals surface area contributed by atoms with E-state index in [4.69, 9.17) is 4.74 Å². The molecular weight excluding hydrogens is 494 g/mol. The van der Waals surface area contributed by atoms with Crippen LogP contribution in [-0.4, -0.2) is 89.4 Å². The van der Waals surface area contributed by atoms with Crippen LogP contribution in [0.3, 0.4) is 0 Å². The summed E-state index contributed by atoms with van der Waals surface area (Å²) < 4.78 is 5.01. The molecule has 1 N–H and O–H groups in total. The molecule has 1 saturated heterocycles. The molecule has 0 unspecified atom stereocenters. The fourth-order valence-corrected chi connectivity index (χ4v) is 4.77. The lowest BCUT2D eigenvalue weighted by molar-refractivity contribution is -0.132. The van der Waals surface area contributed by atoms with Crippen molar-refractivity contribution in [2.24, 2.45) is 5.92 Å². The molecule has 0 saturated carbocycles. The Balaban J connectivity index is 1.53. The minimum absolute atomic E-state index is 0.0846. The molecule has 1 aromatic heterocycles. The number of aromatic nitrogens is 1. The Labute approximate surface area is 221 Å². The minimum Gasteiger partial charge on any atom is -0.450 e. The predicted octanol–water partition coefficient (Wildman–Crippen LogP) is 3.03. The number of benzene rings is 1. The third-order valence-corrected chi connectivity index (χ3v) is 6.68. The maximum absolute atomic E-state index is 13.1. The lowest BCUT2D eigenvalue weighted by atomic mass is 10.1. The number of carbonyl (C=O) groups is 4. The molecule has 0 atom stereocenters. The highest BCUT2D eigenvalue weighted by atomic mass is 32.1. The number of aryl methyl sites for hydroxylation is 1. The van der Waals surface area contributed by atoms with Gasteiger partial charge in [-0.1, -0.05) is 32.0 Å². The fraction of sp³-hybridized carbons (Fsp3) is 0.500. The van der Waals surface area contributed by atoms with Crippen LogP contribution in [-0.2, 0) is 20.7 Å². The highest BCUT2D eigenvalue weighted by molar-refractivity contribution is 7.13. The second-order valence-corrected chi connectivity index (χ2v) is 10.2. The molecule has 1 aromatic carbocycles. The van der Waals surface area contributed by atoms with E-state index in [1.54, 1.807) is 33.1 Å². The van der Waals surface area contributed by atoms with Gasteiger partial charge in [-0.3, -0.25) is 14.4 Å². The Bertz CT molecular complexity index is 1110. The average molecular weight is 530 g/mol. The lowest BCUT2D eigenvalue weighted by Crippen LogP contribution is -2.51. The largest absolute Gasteiger partial charge is 0.450 e. The standard InChI is InChI=1S/C26H35N5O5S/c1-5-36-26(35)30-12-10-29(11-13-30)23(33)14-20-17-37-25(27-20)28-22(32)16-31(15-18(2)3)24(34)21-9-7-6-8-19(21)4/h6-9,17-18H,5,10-16H2,1-4H3,(H,27,28,32). The number of amides is 4. The van der Waals surface area contributed by atoms with Gasteiger partial charge in [0, 0.05) is 43.7 Å². The number of hydrogen-bond acceptors (Lipinski definition) is 7. The zero-order chi connectivity index (χ0) is 26.9. The van der Waals surface area contributed by atoms with Crippen molar-refractivity contribution in [3.8, 4) is 0 Å². The first-order chi connectivity index (χ1) is 17.7. The summed E-state index contributed by atoms with van der Waals surface area (Å²) in [5, 5.41) is 4.89. The van der Waals surface area contributed by atoms with Crippen molar-refractivity contribution in [3.05, 3.63) is 46.5 Å². The Morgan fingerprint density at radius 2 is 1.78 bits per heavy atom. The first kappa shape index (κ1) is 28.1. The second kappa shape index (κ2) is 13.2. The van der Waals surface area contributed by atoms with E-state index in [0.717, 1.165) is 5.56 Å². The number of nitrogens with zero attached hydrogens (tertiary/aromatic N) is 4. The van der Waals surface area contributed by atoms with E-state index in [9.17, 15) is 19.2 Å². The van der Waals surface area contributed by atoms with Gasteiger partial charge < -0.3 is 24.8 Å². The van der Waals surface area contributed by atoms with Crippen molar-refractivity contribution in [2.75, 3.05) is 51.2 Å². The van der Waals surface area contributed by atoms with Gasteiger partial charge in [0.1, 0.15) is 6.54 Å². The molecule has 200 valence electrons. The Morgan fingerprint density at radius 3 is 2.43 bits per heavy atom. The second-order valence-electron chi connectivity index (χ2n) is 9.33. The van der Waals surface area contributed by atoms with Gasteiger partial charge in [0.15, 0.2) is 5.13 Å². The predicted molar refractivity (Wildman–Crippen MR) is 142 cm³/mol. The average Bonchev–Trinajstić information content (AvgIpc) is 3.29. The maximum atomic E-state index is 13.1. The van der Waals surface area contributed by atoms with Crippen LogP contribution in [0, 0.1) is 12.8 Å². The van der Waals surface area contributed by atoms with Crippen LogP contribution >= 0.6 is 11.3 Å². The minimum atomic E-state index is -0.359. The summed E-state index contributed by atoms with van der Waals surface area (Å²) in [4.78, 5) is 59.7. The third-order valence-electron chi connectivity index (χ3n) is 5.87. The Kier molecular flexibility index (Phi) is 10.0. The Hall–Kier alpha value is -3.47. The van der Waals surface area contributed by atoms with Gasteiger partial charge in [0.25, 0.3) is 5.91 Å². The molecule has 2 heterocycles. The molecule has 10 nitrogen and oxygen atoms in total. The maximum Gasteiger partial charge on any atom is 0.409 e. The highest BCUT2D eigenvalue weighted by Gasteiger charge is 2.26. The van der Waals surface area contributed by atoms with E-state index in [1.165, 1.54) is 11.3 Å². The van der Waals surface area contributed by atoms with Gasteiger partial charge >= 0.3 is 6.09 Å². The molecule has 1 aliphatic rings. The molecular formula is C26H35N5O5S. The van der Waals surface area contributed by atoms with Crippen molar-refractivity contribution < 1.29 is 23.9 Å². The van der Waals surface area contributed by atoms with E-state index >= 15 is 0 Å². The van der Waals surface area contributed by atoms with Gasteiger partial charge in [0.05, 0.1) is 18.7 Å². The van der Waals surface area contributed by atoms with Crippen molar-refractivity contribution in [3.63, 3.8) is 0 Å². The number of piperazine rings is 1. The van der Waals surface area contributed by atoms with Gasteiger partial charge in [0.2, 0.25) is 11.8 Å². The molecule has 37 heavy (non-hydrogen) atoms. The van der Waals surface area contributed by atoms with E-state index in [2.05, 4.69) is 10.3 Å². The number of ether oxygens (including phenoxy) is 1. The summed E-state index contributed by atoms with van der Waals surface area (Å²) in [5.41, 5.74) is 2.00. The van der Waals surface area contributed by atoms with Crippen LogP contribution in [0.4, 0.5) is 9.93 Å². The van der Waals surface area contributed by atoms with Crippen molar-refractivity contribution in [1.29, 1.82) is 0 Å².